The van der Waals surface area contributed by atoms with Gasteiger partial charge in [0.1, 0.15) is 0 Å². The van der Waals surface area contributed by atoms with Crippen molar-refractivity contribution in [1.82, 2.24) is 5.32 Å². The number of hydrogen-bond donors (Lipinski definition) is 2. The van der Waals surface area contributed by atoms with Crippen LogP contribution in [0.15, 0.2) is 18.2 Å². The van der Waals surface area contributed by atoms with Gasteiger partial charge in [0.25, 0.3) is 5.91 Å². The Morgan fingerprint density at radius 2 is 2.05 bits per heavy atom. The highest BCUT2D eigenvalue weighted by molar-refractivity contribution is 7.80. The number of hydrogen-bond acceptors (Lipinski definition) is 3. The topological polar surface area (TPSA) is 64.3 Å². The molecule has 0 saturated heterocycles. The first-order valence-corrected chi connectivity index (χ1v) is 7.35. The maximum Gasteiger partial charge on any atom is 0.252 e. The molecule has 1 aromatic carbocycles. The molecule has 1 aromatic rings. The molecule has 1 saturated carbocycles. The number of ether oxygens (including phenoxy) is 1. The molecule has 3 N–H and O–H groups in total. The van der Waals surface area contributed by atoms with Crippen LogP contribution in [0.4, 0.5) is 4.39 Å². The Bertz CT molecular complexity index is 557. The lowest BCUT2D eigenvalue weighted by Crippen LogP contribution is -2.57. The smallest absolute Gasteiger partial charge is 0.252 e. The number of benzene rings is 1. The Balaban J connectivity index is 2.21. The van der Waals surface area contributed by atoms with Crippen molar-refractivity contribution in [3.8, 4) is 5.75 Å². The quantitative estimate of drug-likeness (QED) is 0.839. The average Bonchev–Trinajstić information content (AvgIpc) is 2.48. The number of carbonyl (C=O) groups is 1. The van der Waals surface area contributed by atoms with Gasteiger partial charge in [-0.3, -0.25) is 4.79 Å². The molecule has 1 aliphatic rings. The number of nitrogens with one attached hydrogen (secondary N) is 1. The van der Waals surface area contributed by atoms with E-state index in [1.165, 1.54) is 25.3 Å². The molecule has 2 rings (SSSR count). The van der Waals surface area contributed by atoms with Crippen LogP contribution in [0, 0.1) is 5.82 Å². The van der Waals surface area contributed by atoms with E-state index >= 15 is 0 Å². The van der Waals surface area contributed by atoms with Gasteiger partial charge in [-0.1, -0.05) is 31.5 Å². The molecule has 0 atom stereocenters. The number of amides is 1. The van der Waals surface area contributed by atoms with Crippen molar-refractivity contribution in [1.29, 1.82) is 0 Å². The van der Waals surface area contributed by atoms with Crippen LogP contribution in [0.25, 0.3) is 0 Å². The molecule has 1 fully saturated rings. The summed E-state index contributed by atoms with van der Waals surface area (Å²) in [5.41, 5.74) is 5.54. The van der Waals surface area contributed by atoms with Crippen LogP contribution in [-0.4, -0.2) is 23.5 Å². The van der Waals surface area contributed by atoms with Crippen LogP contribution in [-0.2, 0) is 0 Å². The van der Waals surface area contributed by atoms with Crippen molar-refractivity contribution in [2.75, 3.05) is 7.11 Å². The summed E-state index contributed by atoms with van der Waals surface area (Å²) in [6.07, 6.45) is 4.55. The van der Waals surface area contributed by atoms with E-state index in [2.05, 4.69) is 5.32 Å². The van der Waals surface area contributed by atoms with E-state index in [1.807, 2.05) is 0 Å². The summed E-state index contributed by atoms with van der Waals surface area (Å²) < 4.78 is 18.3. The lowest BCUT2D eigenvalue weighted by molar-refractivity contribution is 0.0908. The van der Waals surface area contributed by atoms with Crippen molar-refractivity contribution in [2.45, 2.75) is 37.6 Å². The van der Waals surface area contributed by atoms with E-state index in [0.717, 1.165) is 32.1 Å². The molecular formula is C15H19FN2O2S. The maximum atomic E-state index is 13.4. The molecule has 0 bridgehead atoms. The molecule has 4 nitrogen and oxygen atoms in total. The highest BCUT2D eigenvalue weighted by atomic mass is 32.1. The van der Waals surface area contributed by atoms with E-state index in [0.29, 0.717) is 10.6 Å². The van der Waals surface area contributed by atoms with Crippen molar-refractivity contribution in [3.63, 3.8) is 0 Å². The largest absolute Gasteiger partial charge is 0.494 e. The zero-order valence-electron chi connectivity index (χ0n) is 11.9. The number of methoxy groups -OCH3 is 1. The Labute approximate surface area is 128 Å². The summed E-state index contributed by atoms with van der Waals surface area (Å²) in [7, 11) is 1.36. The lowest BCUT2D eigenvalue weighted by Gasteiger charge is -2.37. The van der Waals surface area contributed by atoms with E-state index in [9.17, 15) is 9.18 Å². The predicted molar refractivity (Wildman–Crippen MR) is 83.0 cm³/mol. The van der Waals surface area contributed by atoms with E-state index in [1.54, 1.807) is 0 Å². The Hall–Kier alpha value is -1.69. The van der Waals surface area contributed by atoms with Gasteiger partial charge in [0.05, 0.1) is 17.6 Å². The number of halogens is 1. The monoisotopic (exact) mass is 310 g/mol. The summed E-state index contributed by atoms with van der Waals surface area (Å²) in [5, 5.41) is 2.94. The SMILES string of the molecule is COc1cc(C(=O)NC2(C(N)=S)CCCCC2)ccc1F. The van der Waals surface area contributed by atoms with Gasteiger partial charge in [0.2, 0.25) is 0 Å². The second kappa shape index (κ2) is 6.39. The molecule has 0 aromatic heterocycles. The summed E-state index contributed by atoms with van der Waals surface area (Å²) in [4.78, 5) is 12.7. The second-order valence-corrected chi connectivity index (χ2v) is 5.75. The third-order valence-electron chi connectivity index (χ3n) is 3.94. The maximum absolute atomic E-state index is 13.4. The van der Waals surface area contributed by atoms with Crippen LogP contribution >= 0.6 is 12.2 Å². The first-order valence-electron chi connectivity index (χ1n) is 6.94. The number of rotatable bonds is 4. The first-order chi connectivity index (χ1) is 9.98. The highest BCUT2D eigenvalue weighted by Crippen LogP contribution is 2.29. The summed E-state index contributed by atoms with van der Waals surface area (Å²) in [6, 6.07) is 4.01. The van der Waals surface area contributed by atoms with Gasteiger partial charge in [-0.25, -0.2) is 4.39 Å². The van der Waals surface area contributed by atoms with E-state index in [4.69, 9.17) is 22.7 Å². The molecule has 0 aliphatic heterocycles. The van der Waals surface area contributed by atoms with Gasteiger partial charge in [-0.2, -0.15) is 0 Å². The van der Waals surface area contributed by atoms with Gasteiger partial charge in [0.15, 0.2) is 11.6 Å². The minimum atomic E-state index is -0.633. The lowest BCUT2D eigenvalue weighted by atomic mass is 9.81. The Morgan fingerprint density at radius 1 is 1.38 bits per heavy atom. The van der Waals surface area contributed by atoms with E-state index in [-0.39, 0.29) is 11.7 Å². The first kappa shape index (κ1) is 15.7. The molecule has 6 heteroatoms. The standard InChI is InChI=1S/C15H19FN2O2S/c1-20-12-9-10(5-6-11(12)16)13(19)18-15(14(17)21)7-3-2-4-8-15/h5-6,9H,2-4,7-8H2,1H3,(H2,17,21)(H,18,19). The van der Waals surface area contributed by atoms with Crippen molar-refractivity contribution in [2.24, 2.45) is 5.73 Å². The van der Waals surface area contributed by atoms with Crippen molar-refractivity contribution < 1.29 is 13.9 Å². The van der Waals surface area contributed by atoms with Gasteiger partial charge >= 0.3 is 0 Å². The fourth-order valence-electron chi connectivity index (χ4n) is 2.68. The van der Waals surface area contributed by atoms with Crippen LogP contribution in [0.2, 0.25) is 0 Å². The predicted octanol–water partition coefficient (Wildman–Crippen LogP) is 2.55. The fourth-order valence-corrected chi connectivity index (χ4v) is 2.93. The van der Waals surface area contributed by atoms with Crippen LogP contribution in [0.5, 0.6) is 5.75 Å². The molecule has 0 heterocycles. The Kier molecular flexibility index (Phi) is 4.77. The van der Waals surface area contributed by atoms with Crippen LogP contribution in [0.3, 0.4) is 0 Å². The normalized spacial score (nSPS) is 17.0. The zero-order chi connectivity index (χ0) is 15.5. The summed E-state index contributed by atoms with van der Waals surface area (Å²) >= 11 is 5.14. The van der Waals surface area contributed by atoms with Gasteiger partial charge in [-0.15, -0.1) is 0 Å². The van der Waals surface area contributed by atoms with Gasteiger partial charge in [0, 0.05) is 5.56 Å². The molecule has 0 unspecified atom stereocenters. The molecule has 0 radical (unpaired) electrons. The Morgan fingerprint density at radius 3 is 2.62 bits per heavy atom. The van der Waals surface area contributed by atoms with Crippen molar-refractivity contribution >= 4 is 23.1 Å². The fraction of sp³-hybridized carbons (Fsp3) is 0.467. The number of nitrogens with two attached hydrogens (primary N) is 1. The number of thiocarbonyl (C=S) groups is 1. The molecule has 1 aliphatic carbocycles. The van der Waals surface area contributed by atoms with Gasteiger partial charge < -0.3 is 15.8 Å². The highest BCUT2D eigenvalue weighted by Gasteiger charge is 2.36. The molecule has 114 valence electrons. The molecule has 1 amide bonds. The average molecular weight is 310 g/mol. The van der Waals surface area contributed by atoms with Crippen molar-refractivity contribution in [3.05, 3.63) is 29.6 Å². The van der Waals surface area contributed by atoms with Crippen LogP contribution in [0.1, 0.15) is 42.5 Å². The summed E-state index contributed by atoms with van der Waals surface area (Å²) in [6.45, 7) is 0. The second-order valence-electron chi connectivity index (χ2n) is 5.31. The third kappa shape index (κ3) is 3.32. The van der Waals surface area contributed by atoms with Gasteiger partial charge in [-0.05, 0) is 31.0 Å². The van der Waals surface area contributed by atoms with Crippen LogP contribution < -0.4 is 15.8 Å². The molecular weight excluding hydrogens is 291 g/mol. The zero-order valence-corrected chi connectivity index (χ0v) is 12.8. The minimum Gasteiger partial charge on any atom is -0.494 e. The number of carbonyl (C=O) groups excluding carboxylic acids is 1. The summed E-state index contributed by atoms with van der Waals surface area (Å²) in [5.74, 6) is -0.783. The minimum absolute atomic E-state index is 0.0377. The molecule has 0 spiro atoms. The molecule has 21 heavy (non-hydrogen) atoms. The van der Waals surface area contributed by atoms with E-state index < -0.39 is 11.4 Å². The third-order valence-corrected chi connectivity index (χ3v) is 4.34.